The van der Waals surface area contributed by atoms with Crippen LogP contribution in [0.1, 0.15) is 26.3 Å². The predicted octanol–water partition coefficient (Wildman–Crippen LogP) is 7.12. The maximum atomic E-state index is 12.5. The lowest BCUT2D eigenvalue weighted by Crippen LogP contribution is -2.15. The fraction of sp³-hybridized carbons (Fsp3) is 0.261. The van der Waals surface area contributed by atoms with Crippen LogP contribution in [0.5, 0.6) is 0 Å². The molecular weight excluding hydrogens is 487 g/mol. The highest BCUT2D eigenvalue weighted by Crippen LogP contribution is 2.33. The third-order valence-electron chi connectivity index (χ3n) is 4.65. The highest BCUT2D eigenvalue weighted by Gasteiger charge is 2.18. The van der Waals surface area contributed by atoms with Crippen LogP contribution in [0.15, 0.2) is 54.2 Å². The summed E-state index contributed by atoms with van der Waals surface area (Å²) >= 11 is 19.4. The molecule has 0 bridgehead atoms. The number of hydrogen-bond acceptors (Lipinski definition) is 4. The van der Waals surface area contributed by atoms with E-state index in [9.17, 15) is 4.79 Å². The lowest BCUT2D eigenvalue weighted by atomic mass is 9.87. The molecule has 0 radical (unpaired) electrons. The van der Waals surface area contributed by atoms with Gasteiger partial charge in [0.25, 0.3) is 0 Å². The minimum absolute atomic E-state index is 0.0684. The van der Waals surface area contributed by atoms with E-state index in [0.717, 1.165) is 11.4 Å². The van der Waals surface area contributed by atoms with Gasteiger partial charge in [0.2, 0.25) is 5.91 Å². The van der Waals surface area contributed by atoms with Gasteiger partial charge in [-0.05, 0) is 23.1 Å². The molecule has 0 fully saturated rings. The van der Waals surface area contributed by atoms with Gasteiger partial charge in [-0.1, -0.05) is 97.7 Å². The molecule has 1 N–H and O–H groups in total. The fourth-order valence-electron chi connectivity index (χ4n) is 2.96. The number of nitrogens with zero attached hydrogens (tertiary/aromatic N) is 3. The first-order valence-corrected chi connectivity index (χ1v) is 11.9. The molecule has 1 aromatic heterocycles. The zero-order valence-corrected chi connectivity index (χ0v) is 21.0. The third-order valence-corrected chi connectivity index (χ3v) is 6.66. The molecule has 1 amide bonds. The SMILES string of the molecule is C=CCn1c(SCC(=O)Nc2cc(Cl)c(Cl)cc2Cl)nnc1-c1ccc(C(C)(C)C)cc1. The Kier molecular flexibility index (Phi) is 7.93. The van der Waals surface area contributed by atoms with Gasteiger partial charge in [-0.25, -0.2) is 0 Å². The summed E-state index contributed by atoms with van der Waals surface area (Å²) in [6.07, 6.45) is 1.77. The Morgan fingerprint density at radius 2 is 1.75 bits per heavy atom. The van der Waals surface area contributed by atoms with Gasteiger partial charge in [-0.3, -0.25) is 9.36 Å². The van der Waals surface area contributed by atoms with Crippen LogP contribution in [0.2, 0.25) is 15.1 Å². The first kappa shape index (κ1) is 24.6. The van der Waals surface area contributed by atoms with Gasteiger partial charge in [0.1, 0.15) is 0 Å². The smallest absolute Gasteiger partial charge is 0.234 e. The van der Waals surface area contributed by atoms with Gasteiger partial charge in [0.15, 0.2) is 11.0 Å². The van der Waals surface area contributed by atoms with Crippen LogP contribution in [0.4, 0.5) is 5.69 Å². The number of anilines is 1. The van der Waals surface area contributed by atoms with E-state index in [2.05, 4.69) is 55.0 Å². The lowest BCUT2D eigenvalue weighted by molar-refractivity contribution is -0.113. The van der Waals surface area contributed by atoms with Crippen LogP contribution >= 0.6 is 46.6 Å². The summed E-state index contributed by atoms with van der Waals surface area (Å²) in [6.45, 7) is 10.9. The van der Waals surface area contributed by atoms with Crippen LogP contribution < -0.4 is 5.32 Å². The average Bonchev–Trinajstić information content (AvgIpc) is 3.13. The summed E-state index contributed by atoms with van der Waals surface area (Å²) in [6, 6.07) is 11.3. The second-order valence-electron chi connectivity index (χ2n) is 8.12. The second-order valence-corrected chi connectivity index (χ2v) is 10.3. The summed E-state index contributed by atoms with van der Waals surface area (Å²) < 4.78 is 1.93. The van der Waals surface area contributed by atoms with Crippen molar-refractivity contribution in [2.75, 3.05) is 11.1 Å². The topological polar surface area (TPSA) is 59.8 Å². The number of aromatic nitrogens is 3. The number of carbonyl (C=O) groups is 1. The number of halogens is 3. The molecule has 0 aliphatic rings. The van der Waals surface area contributed by atoms with Crippen molar-refractivity contribution in [2.45, 2.75) is 37.9 Å². The number of thioether (sulfide) groups is 1. The maximum Gasteiger partial charge on any atom is 0.234 e. The molecule has 1 heterocycles. The largest absolute Gasteiger partial charge is 0.324 e. The number of amides is 1. The molecule has 0 spiro atoms. The number of rotatable bonds is 7. The summed E-state index contributed by atoms with van der Waals surface area (Å²) in [7, 11) is 0. The zero-order valence-electron chi connectivity index (χ0n) is 18.0. The van der Waals surface area contributed by atoms with E-state index in [1.165, 1.54) is 29.5 Å². The molecule has 3 rings (SSSR count). The molecule has 0 aliphatic carbocycles. The Bertz CT molecular complexity index is 1140. The van der Waals surface area contributed by atoms with E-state index in [0.29, 0.717) is 32.5 Å². The molecule has 168 valence electrons. The number of allylic oxidation sites excluding steroid dienone is 1. The van der Waals surface area contributed by atoms with Crippen LogP contribution in [0.25, 0.3) is 11.4 Å². The van der Waals surface area contributed by atoms with Crippen molar-refractivity contribution in [2.24, 2.45) is 0 Å². The number of hydrogen-bond donors (Lipinski definition) is 1. The molecule has 5 nitrogen and oxygen atoms in total. The molecule has 0 saturated carbocycles. The van der Waals surface area contributed by atoms with Gasteiger partial charge < -0.3 is 5.32 Å². The minimum Gasteiger partial charge on any atom is -0.324 e. The van der Waals surface area contributed by atoms with Gasteiger partial charge >= 0.3 is 0 Å². The number of benzene rings is 2. The molecule has 9 heteroatoms. The molecule has 32 heavy (non-hydrogen) atoms. The van der Waals surface area contributed by atoms with Crippen molar-refractivity contribution in [1.82, 2.24) is 14.8 Å². The number of nitrogens with one attached hydrogen (secondary N) is 1. The summed E-state index contributed by atoms with van der Waals surface area (Å²) in [5, 5.41) is 13.0. The van der Waals surface area contributed by atoms with Crippen LogP contribution in [-0.2, 0) is 16.8 Å². The van der Waals surface area contributed by atoms with Crippen molar-refractivity contribution in [3.05, 3.63) is 69.7 Å². The van der Waals surface area contributed by atoms with E-state index in [1.807, 2.05) is 16.7 Å². The second kappa shape index (κ2) is 10.3. The first-order chi connectivity index (χ1) is 15.1. The Morgan fingerprint density at radius 1 is 1.09 bits per heavy atom. The van der Waals surface area contributed by atoms with E-state index >= 15 is 0 Å². The average molecular weight is 510 g/mol. The van der Waals surface area contributed by atoms with Crippen LogP contribution in [-0.4, -0.2) is 26.4 Å². The number of carbonyl (C=O) groups excluding carboxylic acids is 1. The van der Waals surface area contributed by atoms with Crippen molar-refractivity contribution in [1.29, 1.82) is 0 Å². The molecule has 3 aromatic rings. The Balaban J connectivity index is 1.75. The first-order valence-electron chi connectivity index (χ1n) is 9.82. The molecule has 0 aliphatic heterocycles. The summed E-state index contributed by atoms with van der Waals surface area (Å²) in [5.41, 5.74) is 2.66. The van der Waals surface area contributed by atoms with E-state index in [1.54, 1.807) is 6.08 Å². The van der Waals surface area contributed by atoms with Crippen LogP contribution in [0.3, 0.4) is 0 Å². The van der Waals surface area contributed by atoms with E-state index in [4.69, 9.17) is 34.8 Å². The van der Waals surface area contributed by atoms with Crippen molar-refractivity contribution in [3.63, 3.8) is 0 Å². The molecular formula is C23H23Cl3N4OS. The normalized spacial score (nSPS) is 11.4. The van der Waals surface area contributed by atoms with E-state index < -0.39 is 0 Å². The summed E-state index contributed by atoms with van der Waals surface area (Å²) in [4.78, 5) is 12.5. The Hall–Kier alpha value is -1.99. The van der Waals surface area contributed by atoms with Gasteiger partial charge in [0, 0.05) is 12.1 Å². The Labute approximate surface area is 207 Å². The standard InChI is InChI=1S/C23H23Cl3N4OS/c1-5-10-30-21(14-6-8-15(9-7-14)23(2,3)4)28-29-22(30)32-13-20(31)27-19-12-17(25)16(24)11-18(19)26/h5-9,11-12H,1,10,13H2,2-4H3,(H,27,31). The molecule has 0 atom stereocenters. The molecule has 0 saturated heterocycles. The molecule has 2 aromatic carbocycles. The summed E-state index contributed by atoms with van der Waals surface area (Å²) in [5.74, 6) is 0.592. The zero-order chi connectivity index (χ0) is 23.5. The lowest BCUT2D eigenvalue weighted by Gasteiger charge is -2.19. The Morgan fingerprint density at radius 3 is 2.38 bits per heavy atom. The van der Waals surface area contributed by atoms with Gasteiger partial charge in [-0.15, -0.1) is 16.8 Å². The van der Waals surface area contributed by atoms with Crippen molar-refractivity contribution in [3.8, 4) is 11.4 Å². The highest BCUT2D eigenvalue weighted by atomic mass is 35.5. The van der Waals surface area contributed by atoms with Gasteiger partial charge in [-0.2, -0.15) is 0 Å². The van der Waals surface area contributed by atoms with Crippen molar-refractivity contribution >= 4 is 58.2 Å². The maximum absolute atomic E-state index is 12.5. The van der Waals surface area contributed by atoms with Crippen LogP contribution in [0, 0.1) is 0 Å². The molecule has 0 unspecified atom stereocenters. The quantitative estimate of drug-likeness (QED) is 0.209. The van der Waals surface area contributed by atoms with Crippen molar-refractivity contribution < 1.29 is 4.79 Å². The third kappa shape index (κ3) is 5.87. The fourth-order valence-corrected chi connectivity index (χ4v) is 4.30. The monoisotopic (exact) mass is 508 g/mol. The highest BCUT2D eigenvalue weighted by molar-refractivity contribution is 7.99. The van der Waals surface area contributed by atoms with Gasteiger partial charge in [0.05, 0.1) is 26.5 Å². The van der Waals surface area contributed by atoms with E-state index in [-0.39, 0.29) is 17.1 Å². The minimum atomic E-state index is -0.250. The predicted molar refractivity (Wildman–Crippen MR) is 135 cm³/mol.